The van der Waals surface area contributed by atoms with Gasteiger partial charge in [-0.15, -0.1) is 0 Å². The number of benzene rings is 2. The summed E-state index contributed by atoms with van der Waals surface area (Å²) in [6.07, 6.45) is 0.510. The molecule has 1 atom stereocenters. The van der Waals surface area contributed by atoms with Crippen LogP contribution in [-0.4, -0.2) is 45.4 Å². The minimum absolute atomic E-state index is 0.0156. The van der Waals surface area contributed by atoms with Gasteiger partial charge in [-0.2, -0.15) is 0 Å². The number of methoxy groups -OCH3 is 1. The van der Waals surface area contributed by atoms with Crippen molar-refractivity contribution in [1.82, 2.24) is 9.71 Å². The second kappa shape index (κ2) is 8.06. The van der Waals surface area contributed by atoms with E-state index in [1.165, 1.54) is 33.2 Å². The van der Waals surface area contributed by atoms with Gasteiger partial charge in [-0.3, -0.25) is 4.79 Å². The molecule has 3 rings (SSSR count). The largest absolute Gasteiger partial charge is 0.495 e. The Morgan fingerprint density at radius 3 is 2.55 bits per heavy atom. The van der Waals surface area contributed by atoms with Crippen LogP contribution in [0.15, 0.2) is 53.6 Å². The molecule has 0 unspecified atom stereocenters. The van der Waals surface area contributed by atoms with Gasteiger partial charge in [0.15, 0.2) is 6.10 Å². The minimum atomic E-state index is -3.86. The number of aromatic amines is 1. The fraction of sp³-hybridized carbons (Fsp3) is 0.200. The van der Waals surface area contributed by atoms with E-state index in [0.717, 1.165) is 17.0 Å². The molecule has 0 radical (unpaired) electrons. The number of esters is 1. The summed E-state index contributed by atoms with van der Waals surface area (Å²) >= 11 is 0. The smallest absolute Gasteiger partial charge is 0.338 e. The Kier molecular flexibility index (Phi) is 5.71. The second-order valence-electron chi connectivity index (χ2n) is 6.23. The summed E-state index contributed by atoms with van der Waals surface area (Å²) in [5.74, 6) is -1.10. The summed E-state index contributed by atoms with van der Waals surface area (Å²) in [7, 11) is -1.28. The molecule has 1 aromatic heterocycles. The molecule has 0 bridgehead atoms. The molecular weight excluding hydrogens is 396 g/mol. The topological polar surface area (TPSA) is 115 Å². The number of nitrogens with one attached hydrogen (secondary N) is 2. The van der Waals surface area contributed by atoms with Gasteiger partial charge in [0.2, 0.25) is 15.8 Å². The maximum absolute atomic E-state index is 12.7. The number of hydrogen-bond acceptors (Lipinski definition) is 6. The monoisotopic (exact) mass is 416 g/mol. The Morgan fingerprint density at radius 2 is 1.86 bits per heavy atom. The van der Waals surface area contributed by atoms with Crippen LogP contribution in [-0.2, 0) is 14.8 Å². The van der Waals surface area contributed by atoms with Crippen LogP contribution in [0.25, 0.3) is 10.9 Å². The fourth-order valence-electron chi connectivity index (χ4n) is 2.90. The molecule has 9 heteroatoms. The lowest BCUT2D eigenvalue weighted by atomic mass is 10.1. The number of aromatic nitrogens is 1. The van der Waals surface area contributed by atoms with Gasteiger partial charge < -0.3 is 14.5 Å². The number of sulfonamides is 1. The predicted molar refractivity (Wildman–Crippen MR) is 107 cm³/mol. The first kappa shape index (κ1) is 20.6. The number of para-hydroxylation sites is 1. The maximum Gasteiger partial charge on any atom is 0.338 e. The number of ketones is 1. The van der Waals surface area contributed by atoms with Gasteiger partial charge in [0.05, 0.1) is 12.7 Å². The van der Waals surface area contributed by atoms with E-state index in [2.05, 4.69) is 9.71 Å². The summed E-state index contributed by atoms with van der Waals surface area (Å²) in [6, 6.07) is 11.2. The Balaban J connectivity index is 1.84. The van der Waals surface area contributed by atoms with Crippen LogP contribution in [0.2, 0.25) is 0 Å². The van der Waals surface area contributed by atoms with Crippen molar-refractivity contribution in [3.05, 3.63) is 59.8 Å². The molecular formula is C20H20N2O6S. The molecule has 2 N–H and O–H groups in total. The standard InChI is InChI=1S/C20H20N2O6S/c1-12(19(23)15-11-22-16-7-5-4-6-14(15)16)28-20(24)13-8-9-17(27-3)18(10-13)29(25,26)21-2/h4-12,21-22H,1-3H3/t12-/m0/s1. The SMILES string of the molecule is CNS(=O)(=O)c1cc(C(=O)O[C@@H](C)C(=O)c2c[nH]c3ccccc23)ccc1OC. The fourth-order valence-corrected chi connectivity index (χ4v) is 3.82. The van der Waals surface area contributed by atoms with Gasteiger partial charge in [0.1, 0.15) is 10.6 Å². The van der Waals surface area contributed by atoms with Gasteiger partial charge in [0.25, 0.3) is 0 Å². The van der Waals surface area contributed by atoms with Gasteiger partial charge >= 0.3 is 5.97 Å². The first-order valence-electron chi connectivity index (χ1n) is 8.71. The number of carbonyl (C=O) groups excluding carboxylic acids is 2. The normalized spacial score (nSPS) is 12.5. The third kappa shape index (κ3) is 4.01. The number of ether oxygens (including phenoxy) is 2. The van der Waals surface area contributed by atoms with Crippen molar-refractivity contribution in [2.24, 2.45) is 0 Å². The van der Waals surface area contributed by atoms with E-state index in [0.29, 0.717) is 5.56 Å². The molecule has 29 heavy (non-hydrogen) atoms. The van der Waals surface area contributed by atoms with Crippen LogP contribution in [0, 0.1) is 0 Å². The molecule has 8 nitrogen and oxygen atoms in total. The molecule has 0 fully saturated rings. The van der Waals surface area contributed by atoms with Gasteiger partial charge in [-0.1, -0.05) is 18.2 Å². The third-order valence-electron chi connectivity index (χ3n) is 4.47. The van der Waals surface area contributed by atoms with E-state index in [1.807, 2.05) is 18.2 Å². The van der Waals surface area contributed by atoms with Crippen LogP contribution in [0.3, 0.4) is 0 Å². The van der Waals surface area contributed by atoms with Gasteiger partial charge in [-0.05, 0) is 38.2 Å². The quantitative estimate of drug-likeness (QED) is 0.452. The molecule has 0 aliphatic rings. The third-order valence-corrected chi connectivity index (χ3v) is 5.90. The average Bonchev–Trinajstić information content (AvgIpc) is 3.16. The van der Waals surface area contributed by atoms with Gasteiger partial charge in [-0.25, -0.2) is 17.9 Å². The number of H-pyrrole nitrogens is 1. The van der Waals surface area contributed by atoms with E-state index in [9.17, 15) is 18.0 Å². The van der Waals surface area contributed by atoms with Crippen molar-refractivity contribution in [3.63, 3.8) is 0 Å². The molecule has 0 amide bonds. The van der Waals surface area contributed by atoms with Crippen molar-refractivity contribution < 1.29 is 27.5 Å². The van der Waals surface area contributed by atoms with Crippen molar-refractivity contribution in [2.45, 2.75) is 17.9 Å². The molecule has 0 aliphatic heterocycles. The van der Waals surface area contributed by atoms with E-state index in [4.69, 9.17) is 9.47 Å². The van der Waals surface area contributed by atoms with Crippen LogP contribution in [0.5, 0.6) is 5.75 Å². The Morgan fingerprint density at radius 1 is 1.14 bits per heavy atom. The number of fused-ring (bicyclic) bond motifs is 1. The zero-order valence-corrected chi connectivity index (χ0v) is 16.9. The highest BCUT2D eigenvalue weighted by atomic mass is 32.2. The first-order valence-corrected chi connectivity index (χ1v) is 10.2. The number of hydrogen-bond donors (Lipinski definition) is 2. The molecule has 3 aromatic rings. The number of Topliss-reactive ketones (excluding diaryl/α,β-unsaturated/α-hetero) is 1. The highest BCUT2D eigenvalue weighted by Crippen LogP contribution is 2.26. The molecule has 0 aliphatic carbocycles. The molecule has 152 valence electrons. The van der Waals surface area contributed by atoms with Gasteiger partial charge in [0, 0.05) is 22.7 Å². The van der Waals surface area contributed by atoms with Crippen molar-refractivity contribution >= 4 is 32.7 Å². The van der Waals surface area contributed by atoms with Crippen molar-refractivity contribution in [2.75, 3.05) is 14.2 Å². The molecule has 0 spiro atoms. The Labute approximate surface area is 167 Å². The van der Waals surface area contributed by atoms with Crippen LogP contribution in [0.4, 0.5) is 0 Å². The average molecular weight is 416 g/mol. The summed E-state index contributed by atoms with van der Waals surface area (Å²) in [5, 5.41) is 0.729. The lowest BCUT2D eigenvalue weighted by molar-refractivity contribution is 0.0319. The van der Waals surface area contributed by atoms with Crippen LogP contribution in [0.1, 0.15) is 27.6 Å². The number of rotatable bonds is 7. The second-order valence-corrected chi connectivity index (χ2v) is 8.09. The van der Waals surface area contributed by atoms with E-state index in [-0.39, 0.29) is 22.0 Å². The lowest BCUT2D eigenvalue weighted by Gasteiger charge is -2.14. The lowest BCUT2D eigenvalue weighted by Crippen LogP contribution is -2.25. The highest BCUT2D eigenvalue weighted by molar-refractivity contribution is 7.89. The summed E-state index contributed by atoms with van der Waals surface area (Å²) in [6.45, 7) is 1.47. The van der Waals surface area contributed by atoms with E-state index < -0.39 is 22.1 Å². The number of carbonyl (C=O) groups is 2. The van der Waals surface area contributed by atoms with Crippen molar-refractivity contribution in [1.29, 1.82) is 0 Å². The molecule has 2 aromatic carbocycles. The van der Waals surface area contributed by atoms with Crippen LogP contribution >= 0.6 is 0 Å². The van der Waals surface area contributed by atoms with Crippen molar-refractivity contribution in [3.8, 4) is 5.75 Å². The molecule has 0 saturated heterocycles. The molecule has 0 saturated carbocycles. The zero-order chi connectivity index (χ0) is 21.2. The van der Waals surface area contributed by atoms with Crippen LogP contribution < -0.4 is 9.46 Å². The summed E-state index contributed by atoms with van der Waals surface area (Å²) in [4.78, 5) is 28.1. The molecule has 1 heterocycles. The summed E-state index contributed by atoms with van der Waals surface area (Å²) < 4.78 is 36.8. The van der Waals surface area contributed by atoms with E-state index in [1.54, 1.807) is 12.3 Å². The Bertz CT molecular complexity index is 1180. The zero-order valence-electron chi connectivity index (χ0n) is 16.1. The maximum atomic E-state index is 12.7. The Hall–Kier alpha value is -3.17. The van der Waals surface area contributed by atoms with E-state index >= 15 is 0 Å². The first-order chi connectivity index (χ1) is 13.8. The predicted octanol–water partition coefficient (Wildman–Crippen LogP) is 2.51. The minimum Gasteiger partial charge on any atom is -0.495 e. The summed E-state index contributed by atoms with van der Waals surface area (Å²) in [5.41, 5.74) is 1.19. The highest BCUT2D eigenvalue weighted by Gasteiger charge is 2.25.